The average Bonchev–Trinajstić information content (AvgIpc) is 2.82. The average molecular weight is 318 g/mol. The molecule has 4 heteroatoms. The predicted octanol–water partition coefficient (Wildman–Crippen LogP) is 3.04. The van der Waals surface area contributed by atoms with Gasteiger partial charge in [0, 0.05) is 31.8 Å². The number of fused-ring (bicyclic) bond motifs is 3. The number of Topliss-reactive ketones (excluding diaryl/α,β-unsaturated/α-hetero) is 3. The van der Waals surface area contributed by atoms with Crippen molar-refractivity contribution in [3.05, 3.63) is 11.1 Å². The highest BCUT2D eigenvalue weighted by atomic mass is 16.5. The van der Waals surface area contributed by atoms with E-state index in [4.69, 9.17) is 4.74 Å². The van der Waals surface area contributed by atoms with Gasteiger partial charge in [0.1, 0.15) is 11.9 Å². The SMILES string of the molecule is COC(CC1=C2CC[C@]3(C)C(=O)CC[C@H]3[C@@H]2CCC1=O)C(C)=O. The Morgan fingerprint density at radius 3 is 2.65 bits per heavy atom. The quantitative estimate of drug-likeness (QED) is 0.799. The molecule has 0 aliphatic heterocycles. The molecule has 0 aromatic carbocycles. The van der Waals surface area contributed by atoms with Gasteiger partial charge in [-0.2, -0.15) is 0 Å². The molecule has 2 saturated carbocycles. The van der Waals surface area contributed by atoms with E-state index in [0.717, 1.165) is 31.3 Å². The summed E-state index contributed by atoms with van der Waals surface area (Å²) in [4.78, 5) is 36.5. The Bertz CT molecular complexity index is 588. The van der Waals surface area contributed by atoms with Crippen molar-refractivity contribution in [3.63, 3.8) is 0 Å². The van der Waals surface area contributed by atoms with Crippen molar-refractivity contribution in [1.82, 2.24) is 0 Å². The lowest BCUT2D eigenvalue weighted by Gasteiger charge is -2.45. The molecule has 2 fully saturated rings. The topological polar surface area (TPSA) is 60.4 Å². The highest BCUT2D eigenvalue weighted by Gasteiger charge is 2.53. The second-order valence-electron chi connectivity index (χ2n) is 7.60. The molecule has 0 spiro atoms. The smallest absolute Gasteiger partial charge is 0.158 e. The second-order valence-corrected chi connectivity index (χ2v) is 7.60. The number of hydrogen-bond acceptors (Lipinski definition) is 4. The zero-order valence-corrected chi connectivity index (χ0v) is 14.3. The molecule has 0 aromatic rings. The Morgan fingerprint density at radius 1 is 1.26 bits per heavy atom. The third-order valence-corrected chi connectivity index (χ3v) is 6.52. The highest BCUT2D eigenvalue weighted by molar-refractivity contribution is 5.98. The molecular formula is C19H26O4. The van der Waals surface area contributed by atoms with E-state index in [0.29, 0.717) is 36.9 Å². The minimum atomic E-state index is -0.529. The van der Waals surface area contributed by atoms with Gasteiger partial charge < -0.3 is 4.74 Å². The van der Waals surface area contributed by atoms with E-state index in [1.165, 1.54) is 19.6 Å². The number of carbonyl (C=O) groups excluding carboxylic acids is 3. The van der Waals surface area contributed by atoms with E-state index < -0.39 is 6.10 Å². The largest absolute Gasteiger partial charge is 0.373 e. The van der Waals surface area contributed by atoms with Crippen LogP contribution in [0.2, 0.25) is 0 Å². The third kappa shape index (κ3) is 2.61. The molecule has 3 aliphatic carbocycles. The maximum atomic E-state index is 12.5. The van der Waals surface area contributed by atoms with E-state index in [2.05, 4.69) is 6.92 Å². The molecule has 3 rings (SSSR count). The van der Waals surface area contributed by atoms with Gasteiger partial charge in [0.05, 0.1) is 0 Å². The summed E-state index contributed by atoms with van der Waals surface area (Å²) < 4.78 is 5.28. The van der Waals surface area contributed by atoms with Gasteiger partial charge in [0.25, 0.3) is 0 Å². The molecule has 0 aromatic heterocycles. The number of hydrogen-bond donors (Lipinski definition) is 0. The predicted molar refractivity (Wildman–Crippen MR) is 85.9 cm³/mol. The highest BCUT2D eigenvalue weighted by Crippen LogP contribution is 2.57. The Morgan fingerprint density at radius 2 is 2.00 bits per heavy atom. The molecule has 0 amide bonds. The van der Waals surface area contributed by atoms with Crippen LogP contribution in [-0.2, 0) is 19.1 Å². The molecular weight excluding hydrogens is 292 g/mol. The Balaban J connectivity index is 1.94. The van der Waals surface area contributed by atoms with Crippen molar-refractivity contribution in [3.8, 4) is 0 Å². The van der Waals surface area contributed by atoms with Crippen LogP contribution in [0.25, 0.3) is 0 Å². The molecule has 0 N–H and O–H groups in total. The van der Waals surface area contributed by atoms with E-state index in [1.54, 1.807) is 0 Å². The molecule has 23 heavy (non-hydrogen) atoms. The minimum Gasteiger partial charge on any atom is -0.373 e. The summed E-state index contributed by atoms with van der Waals surface area (Å²) in [6.07, 6.45) is 4.57. The van der Waals surface area contributed by atoms with Crippen molar-refractivity contribution in [2.45, 2.75) is 64.9 Å². The monoisotopic (exact) mass is 318 g/mol. The van der Waals surface area contributed by atoms with Crippen LogP contribution in [0.1, 0.15) is 58.8 Å². The molecule has 126 valence electrons. The van der Waals surface area contributed by atoms with Crippen LogP contribution >= 0.6 is 0 Å². The summed E-state index contributed by atoms with van der Waals surface area (Å²) in [5, 5.41) is 0. The van der Waals surface area contributed by atoms with E-state index in [9.17, 15) is 14.4 Å². The summed E-state index contributed by atoms with van der Waals surface area (Å²) in [5.74, 6) is 1.26. The summed E-state index contributed by atoms with van der Waals surface area (Å²) in [6, 6.07) is 0. The third-order valence-electron chi connectivity index (χ3n) is 6.52. The molecule has 0 radical (unpaired) electrons. The van der Waals surface area contributed by atoms with Gasteiger partial charge in [0.15, 0.2) is 11.6 Å². The van der Waals surface area contributed by atoms with Crippen LogP contribution in [-0.4, -0.2) is 30.6 Å². The number of ether oxygens (including phenoxy) is 1. The van der Waals surface area contributed by atoms with E-state index in [-0.39, 0.29) is 17.0 Å². The fourth-order valence-corrected chi connectivity index (χ4v) is 5.08. The molecule has 0 heterocycles. The van der Waals surface area contributed by atoms with Gasteiger partial charge in [-0.15, -0.1) is 0 Å². The Hall–Kier alpha value is -1.29. The van der Waals surface area contributed by atoms with Crippen molar-refractivity contribution in [2.24, 2.45) is 17.3 Å². The molecule has 3 aliphatic rings. The zero-order valence-electron chi connectivity index (χ0n) is 14.3. The van der Waals surface area contributed by atoms with Gasteiger partial charge >= 0.3 is 0 Å². The number of carbonyl (C=O) groups is 3. The maximum Gasteiger partial charge on any atom is 0.158 e. The van der Waals surface area contributed by atoms with Gasteiger partial charge in [0.2, 0.25) is 0 Å². The Labute approximate surface area is 137 Å². The first-order chi connectivity index (χ1) is 10.9. The standard InChI is InChI=1S/C19H26O4/c1-11(20)17(23-3)10-14-12-8-9-19(2)15(5-7-18(19)22)13(12)4-6-16(14)21/h13,15,17H,4-10H2,1-3H3/t13-,15+,17?,19+/m1/s1. The number of allylic oxidation sites excluding steroid dienone is 1. The molecule has 0 saturated heterocycles. The lowest BCUT2D eigenvalue weighted by Crippen LogP contribution is -2.41. The van der Waals surface area contributed by atoms with Gasteiger partial charge in [-0.3, -0.25) is 14.4 Å². The molecule has 4 nitrogen and oxygen atoms in total. The van der Waals surface area contributed by atoms with Crippen LogP contribution in [0, 0.1) is 17.3 Å². The van der Waals surface area contributed by atoms with Crippen LogP contribution < -0.4 is 0 Å². The van der Waals surface area contributed by atoms with Crippen LogP contribution in [0.4, 0.5) is 0 Å². The lowest BCUT2D eigenvalue weighted by molar-refractivity contribution is -0.128. The minimum absolute atomic E-state index is 0.0350. The van der Waals surface area contributed by atoms with Crippen molar-refractivity contribution < 1.29 is 19.1 Å². The van der Waals surface area contributed by atoms with Crippen LogP contribution in [0.5, 0.6) is 0 Å². The van der Waals surface area contributed by atoms with Gasteiger partial charge in [-0.1, -0.05) is 12.5 Å². The van der Waals surface area contributed by atoms with E-state index in [1.807, 2.05) is 0 Å². The first-order valence-electron chi connectivity index (χ1n) is 8.70. The number of methoxy groups -OCH3 is 1. The molecule has 4 atom stereocenters. The number of rotatable bonds is 4. The molecule has 0 bridgehead atoms. The lowest BCUT2D eigenvalue weighted by atomic mass is 9.58. The zero-order chi connectivity index (χ0) is 16.8. The summed E-state index contributed by atoms with van der Waals surface area (Å²) in [7, 11) is 1.52. The Kier molecular flexibility index (Phi) is 4.30. The number of ketones is 3. The van der Waals surface area contributed by atoms with Crippen LogP contribution in [0.3, 0.4) is 0 Å². The molecule has 1 unspecified atom stereocenters. The summed E-state index contributed by atoms with van der Waals surface area (Å²) in [6.45, 7) is 3.63. The first-order valence-corrected chi connectivity index (χ1v) is 8.70. The summed E-state index contributed by atoms with van der Waals surface area (Å²) in [5.41, 5.74) is 1.85. The van der Waals surface area contributed by atoms with E-state index >= 15 is 0 Å². The van der Waals surface area contributed by atoms with Crippen LogP contribution in [0.15, 0.2) is 11.1 Å². The second kappa shape index (κ2) is 5.97. The normalized spacial score (nSPS) is 35.1. The fourth-order valence-electron chi connectivity index (χ4n) is 5.08. The van der Waals surface area contributed by atoms with Crippen molar-refractivity contribution in [1.29, 1.82) is 0 Å². The maximum absolute atomic E-state index is 12.5. The van der Waals surface area contributed by atoms with Crippen molar-refractivity contribution >= 4 is 17.3 Å². The summed E-state index contributed by atoms with van der Waals surface area (Å²) >= 11 is 0. The fraction of sp³-hybridized carbons (Fsp3) is 0.737. The first kappa shape index (κ1) is 16.6. The van der Waals surface area contributed by atoms with Crippen molar-refractivity contribution in [2.75, 3.05) is 7.11 Å². The van der Waals surface area contributed by atoms with Gasteiger partial charge in [-0.05, 0) is 50.0 Å². The van der Waals surface area contributed by atoms with Gasteiger partial charge in [-0.25, -0.2) is 0 Å².